The normalized spacial score (nSPS) is 25.8. The quantitative estimate of drug-likeness (QED) is 0.153. The minimum absolute atomic E-state index is 0.103. The third-order valence-corrected chi connectivity index (χ3v) is 11.2. The topological polar surface area (TPSA) is 117 Å². The Labute approximate surface area is 311 Å². The molecule has 3 saturated heterocycles. The van der Waals surface area contributed by atoms with Gasteiger partial charge in [0.1, 0.15) is 17.7 Å². The Bertz CT molecular complexity index is 1470. The largest absolute Gasteiger partial charge is 0.455 e. The van der Waals surface area contributed by atoms with Crippen LogP contribution in [0.4, 0.5) is 0 Å². The van der Waals surface area contributed by atoms with Crippen LogP contribution in [0.1, 0.15) is 106 Å². The van der Waals surface area contributed by atoms with Gasteiger partial charge in [0.15, 0.2) is 0 Å². The fourth-order valence-corrected chi connectivity index (χ4v) is 9.28. The second-order valence-corrected chi connectivity index (χ2v) is 17.4. The van der Waals surface area contributed by atoms with E-state index in [1.165, 1.54) is 0 Å². The Morgan fingerprint density at radius 2 is 1.75 bits per heavy atom. The number of carbonyl (C=O) groups is 4. The van der Waals surface area contributed by atoms with Gasteiger partial charge in [0.25, 0.3) is 0 Å². The number of likely N-dealkylation sites (N-methyl/N-ethyl adjacent to an activating group) is 1. The lowest BCUT2D eigenvalue weighted by atomic mass is 9.70. The van der Waals surface area contributed by atoms with Crippen molar-refractivity contribution in [3.8, 4) is 0 Å². The average molecular weight is 722 g/mol. The van der Waals surface area contributed by atoms with Gasteiger partial charge < -0.3 is 29.3 Å². The maximum atomic E-state index is 15.2. The van der Waals surface area contributed by atoms with Crippen LogP contribution in [0, 0.1) is 23.2 Å². The van der Waals surface area contributed by atoms with Crippen LogP contribution in [0.3, 0.4) is 0 Å². The molecule has 3 aliphatic heterocycles. The summed E-state index contributed by atoms with van der Waals surface area (Å²) in [6, 6.07) is 7.08. The van der Waals surface area contributed by atoms with Gasteiger partial charge in [0.05, 0.1) is 36.6 Å². The zero-order valence-corrected chi connectivity index (χ0v) is 33.0. The summed E-state index contributed by atoms with van der Waals surface area (Å²) < 4.78 is 13.2. The highest BCUT2D eigenvalue weighted by molar-refractivity contribution is 5.98. The third-order valence-electron chi connectivity index (χ3n) is 11.2. The lowest BCUT2D eigenvalue weighted by molar-refractivity contribution is -0.165. The molecule has 0 aliphatic carbocycles. The first-order chi connectivity index (χ1) is 24.3. The number of rotatable bonds is 17. The van der Waals surface area contributed by atoms with Gasteiger partial charge in [-0.15, -0.1) is 13.2 Å². The Balaban J connectivity index is 1.77. The van der Waals surface area contributed by atoms with Gasteiger partial charge in [0.2, 0.25) is 17.7 Å². The van der Waals surface area contributed by atoms with E-state index in [2.05, 4.69) is 33.9 Å². The molecule has 0 radical (unpaired) electrons. The van der Waals surface area contributed by atoms with Crippen LogP contribution in [-0.4, -0.2) is 99.1 Å². The molecular weight excluding hydrogens is 658 g/mol. The van der Waals surface area contributed by atoms with Crippen molar-refractivity contribution in [2.24, 2.45) is 23.2 Å². The molecule has 3 fully saturated rings. The Morgan fingerprint density at radius 3 is 2.31 bits per heavy atom. The zero-order chi connectivity index (χ0) is 38.8. The molecule has 288 valence electrons. The van der Waals surface area contributed by atoms with Crippen molar-refractivity contribution in [1.82, 2.24) is 14.7 Å². The van der Waals surface area contributed by atoms with Crippen LogP contribution in [0.15, 0.2) is 55.6 Å². The van der Waals surface area contributed by atoms with E-state index in [0.29, 0.717) is 32.1 Å². The fraction of sp³-hybridized carbons (Fsp3) is 0.667. The zero-order valence-electron chi connectivity index (χ0n) is 33.0. The number of carbonyl (C=O) groups excluding carboxylic acids is 4. The second kappa shape index (κ2) is 16.3. The smallest absolute Gasteiger partial charge is 0.313 e. The molecule has 0 saturated carbocycles. The van der Waals surface area contributed by atoms with E-state index in [4.69, 9.17) is 9.47 Å². The summed E-state index contributed by atoms with van der Waals surface area (Å²) in [5.41, 5.74) is -1.26. The number of benzene rings is 1. The van der Waals surface area contributed by atoms with Gasteiger partial charge in [-0.3, -0.25) is 19.2 Å². The summed E-state index contributed by atoms with van der Waals surface area (Å²) in [6.45, 7) is 24.0. The molecule has 1 N–H and O–H groups in total. The molecule has 1 aromatic carbocycles. The number of allylic oxidation sites excluding steroid dienone is 1. The lowest BCUT2D eigenvalue weighted by Gasteiger charge is -2.46. The number of hydrogen-bond donors (Lipinski definition) is 1. The van der Waals surface area contributed by atoms with E-state index in [0.717, 1.165) is 5.56 Å². The molecular formula is C42H63N3O7. The van der Waals surface area contributed by atoms with Gasteiger partial charge in [-0.05, 0) is 69.8 Å². The van der Waals surface area contributed by atoms with E-state index >= 15 is 4.79 Å². The van der Waals surface area contributed by atoms with Gasteiger partial charge in [-0.2, -0.15) is 0 Å². The van der Waals surface area contributed by atoms with Crippen molar-refractivity contribution in [2.45, 2.75) is 135 Å². The average Bonchev–Trinajstić information content (AvgIpc) is 3.72. The fourth-order valence-electron chi connectivity index (χ4n) is 9.28. The lowest BCUT2D eigenvalue weighted by Crippen LogP contribution is -2.62. The summed E-state index contributed by atoms with van der Waals surface area (Å²) >= 11 is 0. The molecule has 3 aliphatic rings. The van der Waals surface area contributed by atoms with Crippen molar-refractivity contribution in [3.05, 3.63) is 61.2 Å². The predicted molar refractivity (Wildman–Crippen MR) is 202 cm³/mol. The predicted octanol–water partition coefficient (Wildman–Crippen LogP) is 6.10. The van der Waals surface area contributed by atoms with Crippen LogP contribution in [-0.2, 0) is 28.7 Å². The van der Waals surface area contributed by atoms with Gasteiger partial charge in [-0.25, -0.2) is 0 Å². The summed E-state index contributed by atoms with van der Waals surface area (Å²) in [7, 11) is 1.70. The molecule has 10 heteroatoms. The summed E-state index contributed by atoms with van der Waals surface area (Å²) in [5, 5.41) is 10.8. The minimum atomic E-state index is -1.27. The highest BCUT2D eigenvalue weighted by Crippen LogP contribution is 2.60. The Hall–Kier alpha value is -3.50. The molecule has 8 atom stereocenters. The number of fused-ring (bicyclic) bond motifs is 1. The SMILES string of the molecule is C=CCCC(=O)N(C)[C@@H](C)[C@@H](OC(=O)[C@@H]1[C@H]2C(=O)N([C@@H](CO)CC(C)C)[C@H](C(=O)N(CC=C)C(C)(C)CC(C)(C)C)[C@]23CC[C@H]1O3)c1ccccc1. The molecule has 3 amide bonds. The van der Waals surface area contributed by atoms with Crippen LogP contribution in [0.2, 0.25) is 0 Å². The number of aliphatic hydroxyl groups is 1. The number of likely N-dealkylation sites (tertiary alicyclic amines) is 1. The molecule has 10 nitrogen and oxygen atoms in total. The maximum Gasteiger partial charge on any atom is 0.313 e. The molecule has 52 heavy (non-hydrogen) atoms. The van der Waals surface area contributed by atoms with E-state index in [9.17, 15) is 19.5 Å². The van der Waals surface area contributed by atoms with Crippen molar-refractivity contribution in [2.75, 3.05) is 20.2 Å². The van der Waals surface area contributed by atoms with Gasteiger partial charge in [-0.1, -0.05) is 77.1 Å². The molecule has 0 unspecified atom stereocenters. The minimum Gasteiger partial charge on any atom is -0.455 e. The van der Waals surface area contributed by atoms with E-state index in [1.807, 2.05) is 65.0 Å². The van der Waals surface area contributed by atoms with Crippen molar-refractivity contribution < 1.29 is 33.8 Å². The maximum absolute atomic E-state index is 15.2. The third kappa shape index (κ3) is 8.18. The summed E-state index contributed by atoms with van der Waals surface area (Å²) in [6.07, 6.45) is 4.82. The number of ether oxygens (including phenoxy) is 2. The van der Waals surface area contributed by atoms with Crippen molar-refractivity contribution >= 4 is 23.7 Å². The molecule has 4 rings (SSSR count). The monoisotopic (exact) mass is 721 g/mol. The van der Waals surface area contributed by atoms with E-state index in [1.54, 1.807) is 33.9 Å². The summed E-state index contributed by atoms with van der Waals surface area (Å²) in [4.78, 5) is 62.7. The number of nitrogens with zero attached hydrogens (tertiary/aromatic N) is 3. The Morgan fingerprint density at radius 1 is 1.10 bits per heavy atom. The summed E-state index contributed by atoms with van der Waals surface area (Å²) in [5.74, 6) is -3.14. The van der Waals surface area contributed by atoms with Crippen LogP contribution in [0.5, 0.6) is 0 Å². The first-order valence-corrected chi connectivity index (χ1v) is 19.0. The van der Waals surface area contributed by atoms with Crippen LogP contribution >= 0.6 is 0 Å². The number of aliphatic hydroxyl groups excluding tert-OH is 1. The number of hydrogen-bond acceptors (Lipinski definition) is 7. The van der Waals surface area contributed by atoms with Crippen LogP contribution < -0.4 is 0 Å². The molecule has 2 bridgehead atoms. The first-order valence-electron chi connectivity index (χ1n) is 19.0. The second-order valence-electron chi connectivity index (χ2n) is 17.4. The number of esters is 1. The first kappa shape index (κ1) is 41.3. The number of amides is 3. The van der Waals surface area contributed by atoms with Gasteiger partial charge in [0, 0.05) is 25.6 Å². The molecule has 3 heterocycles. The molecule has 0 aromatic heterocycles. The van der Waals surface area contributed by atoms with E-state index in [-0.39, 0.29) is 48.6 Å². The highest BCUT2D eigenvalue weighted by Gasteiger charge is 2.76. The van der Waals surface area contributed by atoms with E-state index < -0.39 is 59.3 Å². The van der Waals surface area contributed by atoms with Crippen molar-refractivity contribution in [1.29, 1.82) is 0 Å². The Kier molecular flexibility index (Phi) is 12.9. The molecule has 1 spiro atoms. The van der Waals surface area contributed by atoms with Crippen LogP contribution in [0.25, 0.3) is 0 Å². The highest BCUT2D eigenvalue weighted by atomic mass is 16.6. The standard InChI is InChI=1S/C42H63N3O7/c1-12-14-20-32(47)43(11)28(5)35(29-18-16-15-17-19-29)51-39(50)33-31-21-22-42(52-31)34(33)37(48)45(30(25-46)24-27(3)4)36(42)38(49)44(23-13-2)41(9,10)26-40(6,7)8/h12-13,15-19,27-28,30-31,33-36,46H,1-2,14,20-26H2,3-11H3/t28-,30+,31+,33-,34-,35+,36+,42-/m0/s1. The van der Waals surface area contributed by atoms with Crippen molar-refractivity contribution in [3.63, 3.8) is 0 Å². The van der Waals surface area contributed by atoms with Gasteiger partial charge >= 0.3 is 5.97 Å². The molecule has 1 aromatic rings.